The van der Waals surface area contributed by atoms with E-state index in [-0.39, 0.29) is 5.82 Å². The van der Waals surface area contributed by atoms with Crippen molar-refractivity contribution < 1.29 is 9.13 Å². The maximum Gasteiger partial charge on any atom is 0.165 e. The van der Waals surface area contributed by atoms with Crippen molar-refractivity contribution in [3.63, 3.8) is 0 Å². The summed E-state index contributed by atoms with van der Waals surface area (Å²) in [5.74, 6) is 0.0181. The monoisotopic (exact) mass is 254 g/mol. The van der Waals surface area contributed by atoms with Gasteiger partial charge in [0.1, 0.15) is 0 Å². The van der Waals surface area contributed by atoms with Gasteiger partial charge in [0.25, 0.3) is 0 Å². The standard InChI is InChI=1S/C14H23FN2O/c1-4-16-8-10-17(2)9-7-12-5-6-14(18-3)13(15)11-12/h5-6,11,16H,4,7-10H2,1-3H3. The van der Waals surface area contributed by atoms with Crippen LogP contribution in [-0.4, -0.2) is 45.2 Å². The molecule has 0 aliphatic carbocycles. The molecule has 0 fully saturated rings. The summed E-state index contributed by atoms with van der Waals surface area (Å²) in [5.41, 5.74) is 1.00. The van der Waals surface area contributed by atoms with Crippen molar-refractivity contribution in [2.24, 2.45) is 0 Å². The van der Waals surface area contributed by atoms with Gasteiger partial charge in [-0.3, -0.25) is 0 Å². The van der Waals surface area contributed by atoms with Gasteiger partial charge >= 0.3 is 0 Å². The van der Waals surface area contributed by atoms with Gasteiger partial charge in [-0.1, -0.05) is 13.0 Å². The molecule has 0 heterocycles. The van der Waals surface area contributed by atoms with Crippen LogP contribution in [0.25, 0.3) is 0 Å². The summed E-state index contributed by atoms with van der Waals surface area (Å²) in [6, 6.07) is 5.15. The van der Waals surface area contributed by atoms with E-state index in [1.807, 2.05) is 6.07 Å². The molecule has 0 radical (unpaired) electrons. The van der Waals surface area contributed by atoms with Gasteiger partial charge in [-0.25, -0.2) is 4.39 Å². The van der Waals surface area contributed by atoms with Gasteiger partial charge < -0.3 is 15.0 Å². The van der Waals surface area contributed by atoms with Crippen molar-refractivity contribution in [3.05, 3.63) is 29.6 Å². The third-order valence-corrected chi connectivity index (χ3v) is 2.92. The zero-order valence-corrected chi connectivity index (χ0v) is 11.5. The number of ether oxygens (including phenoxy) is 1. The largest absolute Gasteiger partial charge is 0.494 e. The summed E-state index contributed by atoms with van der Waals surface area (Å²) in [6.45, 7) is 6.02. The number of halogens is 1. The third kappa shape index (κ3) is 5.02. The van der Waals surface area contributed by atoms with Crippen LogP contribution in [0.3, 0.4) is 0 Å². The number of hydrogen-bond donors (Lipinski definition) is 1. The van der Waals surface area contributed by atoms with E-state index in [1.165, 1.54) is 7.11 Å². The number of nitrogens with one attached hydrogen (secondary N) is 1. The molecule has 1 aromatic rings. The molecule has 0 aliphatic heterocycles. The predicted octanol–water partition coefficient (Wildman–Crippen LogP) is 1.92. The van der Waals surface area contributed by atoms with Gasteiger partial charge in [-0.2, -0.15) is 0 Å². The molecule has 1 N–H and O–H groups in total. The molecule has 0 aromatic heterocycles. The molecular weight excluding hydrogens is 231 g/mol. The van der Waals surface area contributed by atoms with Gasteiger partial charge in [0, 0.05) is 19.6 Å². The van der Waals surface area contributed by atoms with Gasteiger partial charge in [-0.05, 0) is 37.7 Å². The molecule has 4 heteroatoms. The van der Waals surface area contributed by atoms with Crippen LogP contribution in [0.2, 0.25) is 0 Å². The molecule has 1 rings (SSSR count). The Morgan fingerprint density at radius 2 is 2.11 bits per heavy atom. The van der Waals surface area contributed by atoms with Crippen molar-refractivity contribution in [2.45, 2.75) is 13.3 Å². The Labute approximate surface area is 109 Å². The van der Waals surface area contributed by atoms with Crippen molar-refractivity contribution in [3.8, 4) is 5.75 Å². The third-order valence-electron chi connectivity index (χ3n) is 2.92. The fourth-order valence-corrected chi connectivity index (χ4v) is 1.74. The highest BCUT2D eigenvalue weighted by Gasteiger charge is 2.04. The number of hydrogen-bond acceptors (Lipinski definition) is 3. The summed E-state index contributed by atoms with van der Waals surface area (Å²) in [7, 11) is 3.56. The Balaban J connectivity index is 2.36. The zero-order chi connectivity index (χ0) is 13.4. The SMILES string of the molecule is CCNCCN(C)CCc1ccc(OC)c(F)c1. The van der Waals surface area contributed by atoms with Crippen LogP contribution in [0.15, 0.2) is 18.2 Å². The van der Waals surface area contributed by atoms with Gasteiger partial charge in [0.2, 0.25) is 0 Å². The molecule has 0 aliphatic rings. The Kier molecular flexibility index (Phi) is 6.68. The fourth-order valence-electron chi connectivity index (χ4n) is 1.74. The van der Waals surface area contributed by atoms with Gasteiger partial charge in [0.05, 0.1) is 7.11 Å². The van der Waals surface area contributed by atoms with Gasteiger partial charge in [0.15, 0.2) is 11.6 Å². The van der Waals surface area contributed by atoms with E-state index in [0.29, 0.717) is 5.75 Å². The van der Waals surface area contributed by atoms with Crippen LogP contribution in [0, 0.1) is 5.82 Å². The average molecular weight is 254 g/mol. The second-order valence-corrected chi connectivity index (χ2v) is 4.38. The maximum atomic E-state index is 13.5. The molecular formula is C14H23FN2O. The number of benzene rings is 1. The van der Waals surface area contributed by atoms with E-state index in [4.69, 9.17) is 4.74 Å². The average Bonchev–Trinajstić information content (AvgIpc) is 2.37. The second-order valence-electron chi connectivity index (χ2n) is 4.38. The maximum absolute atomic E-state index is 13.5. The molecule has 0 bridgehead atoms. The first kappa shape index (κ1) is 14.9. The lowest BCUT2D eigenvalue weighted by atomic mass is 10.1. The Bertz CT molecular complexity index is 358. The van der Waals surface area contributed by atoms with Crippen LogP contribution < -0.4 is 10.1 Å². The van der Waals surface area contributed by atoms with E-state index in [2.05, 4.69) is 24.2 Å². The Hall–Kier alpha value is -1.13. The van der Waals surface area contributed by atoms with Gasteiger partial charge in [-0.15, -0.1) is 0 Å². The Morgan fingerprint density at radius 3 is 2.72 bits per heavy atom. The quantitative estimate of drug-likeness (QED) is 0.717. The topological polar surface area (TPSA) is 24.5 Å². The van der Waals surface area contributed by atoms with E-state index < -0.39 is 0 Å². The molecule has 1 aromatic carbocycles. The summed E-state index contributed by atoms with van der Waals surface area (Å²) < 4.78 is 18.4. The summed E-state index contributed by atoms with van der Waals surface area (Å²) in [5, 5.41) is 3.28. The number of rotatable bonds is 8. The van der Waals surface area contributed by atoms with Crippen LogP contribution in [-0.2, 0) is 6.42 Å². The highest BCUT2D eigenvalue weighted by Crippen LogP contribution is 2.17. The van der Waals surface area contributed by atoms with Crippen LogP contribution in [0.5, 0.6) is 5.75 Å². The molecule has 18 heavy (non-hydrogen) atoms. The molecule has 0 atom stereocenters. The minimum atomic E-state index is -0.287. The van der Waals surface area contributed by atoms with Crippen molar-refractivity contribution in [1.82, 2.24) is 10.2 Å². The molecule has 0 saturated heterocycles. The lowest BCUT2D eigenvalue weighted by Gasteiger charge is -2.16. The molecule has 0 spiro atoms. The molecule has 0 unspecified atom stereocenters. The van der Waals surface area contributed by atoms with Crippen molar-refractivity contribution in [2.75, 3.05) is 40.3 Å². The van der Waals surface area contributed by atoms with E-state index in [1.54, 1.807) is 12.1 Å². The molecule has 0 saturated carbocycles. The first-order chi connectivity index (χ1) is 8.67. The predicted molar refractivity (Wildman–Crippen MR) is 72.7 cm³/mol. The number of nitrogens with zero attached hydrogens (tertiary/aromatic N) is 1. The fraction of sp³-hybridized carbons (Fsp3) is 0.571. The van der Waals surface area contributed by atoms with Crippen LogP contribution in [0.1, 0.15) is 12.5 Å². The zero-order valence-electron chi connectivity index (χ0n) is 11.5. The smallest absolute Gasteiger partial charge is 0.165 e. The lowest BCUT2D eigenvalue weighted by Crippen LogP contribution is -2.30. The highest BCUT2D eigenvalue weighted by atomic mass is 19.1. The number of methoxy groups -OCH3 is 1. The molecule has 102 valence electrons. The highest BCUT2D eigenvalue weighted by molar-refractivity contribution is 5.29. The van der Waals surface area contributed by atoms with E-state index in [0.717, 1.165) is 38.2 Å². The molecule has 0 amide bonds. The van der Waals surface area contributed by atoms with E-state index >= 15 is 0 Å². The first-order valence-corrected chi connectivity index (χ1v) is 6.39. The summed E-state index contributed by atoms with van der Waals surface area (Å²) >= 11 is 0. The van der Waals surface area contributed by atoms with E-state index in [9.17, 15) is 4.39 Å². The minimum absolute atomic E-state index is 0.287. The van der Waals surface area contributed by atoms with Crippen LogP contribution in [0.4, 0.5) is 4.39 Å². The van der Waals surface area contributed by atoms with Crippen molar-refractivity contribution >= 4 is 0 Å². The van der Waals surface area contributed by atoms with Crippen molar-refractivity contribution in [1.29, 1.82) is 0 Å². The summed E-state index contributed by atoms with van der Waals surface area (Å²) in [6.07, 6.45) is 0.851. The minimum Gasteiger partial charge on any atom is -0.494 e. The van der Waals surface area contributed by atoms with Crippen LogP contribution >= 0.6 is 0 Å². The second kappa shape index (κ2) is 8.06. The summed E-state index contributed by atoms with van der Waals surface area (Å²) in [4.78, 5) is 2.24. The molecule has 3 nitrogen and oxygen atoms in total. The first-order valence-electron chi connectivity index (χ1n) is 6.39. The lowest BCUT2D eigenvalue weighted by molar-refractivity contribution is 0.336. The number of likely N-dealkylation sites (N-methyl/N-ethyl adjacent to an activating group) is 2. The normalized spacial score (nSPS) is 10.9. The Morgan fingerprint density at radius 1 is 1.33 bits per heavy atom.